The molecule has 146 valence electrons. The van der Waals surface area contributed by atoms with E-state index in [2.05, 4.69) is 10.5 Å². The highest BCUT2D eigenvalue weighted by Gasteiger charge is 2.25. The van der Waals surface area contributed by atoms with Gasteiger partial charge in [0.2, 0.25) is 0 Å². The third-order valence-corrected chi connectivity index (χ3v) is 6.41. The summed E-state index contributed by atoms with van der Waals surface area (Å²) in [6.07, 6.45) is 0. The van der Waals surface area contributed by atoms with Crippen LogP contribution in [0, 0.1) is 6.92 Å². The van der Waals surface area contributed by atoms with Crippen LogP contribution in [0.4, 0.5) is 0 Å². The molecule has 6 nitrogen and oxygen atoms in total. The molecule has 0 saturated heterocycles. The number of hydrogen-bond acceptors (Lipinski definition) is 5. The van der Waals surface area contributed by atoms with Crippen molar-refractivity contribution in [3.63, 3.8) is 0 Å². The fourth-order valence-electron chi connectivity index (χ4n) is 2.67. The van der Waals surface area contributed by atoms with Gasteiger partial charge in [-0.2, -0.15) is 0 Å². The van der Waals surface area contributed by atoms with Gasteiger partial charge >= 0.3 is 0 Å². The Morgan fingerprint density at radius 3 is 2.36 bits per heavy atom. The van der Waals surface area contributed by atoms with E-state index in [1.54, 1.807) is 43.3 Å². The average molecular weight is 439 g/mol. The second-order valence-corrected chi connectivity index (χ2v) is 8.87. The predicted molar refractivity (Wildman–Crippen MR) is 108 cm³/mol. The van der Waals surface area contributed by atoms with E-state index >= 15 is 0 Å². The van der Waals surface area contributed by atoms with E-state index in [1.165, 1.54) is 12.1 Å². The van der Waals surface area contributed by atoms with Gasteiger partial charge < -0.3 is 9.84 Å². The Kier molecular flexibility index (Phi) is 6.07. The van der Waals surface area contributed by atoms with Crippen molar-refractivity contribution in [1.82, 2.24) is 10.5 Å². The molecule has 2 aromatic carbocycles. The Labute approximate surface area is 172 Å². The highest BCUT2D eigenvalue weighted by Crippen LogP contribution is 2.36. The Hall–Kier alpha value is -2.35. The van der Waals surface area contributed by atoms with Crippen molar-refractivity contribution in [3.8, 4) is 11.3 Å². The molecule has 0 fully saturated rings. The smallest absolute Gasteiger partial charge is 0.257 e. The monoisotopic (exact) mass is 438 g/mol. The number of aryl methyl sites for hydroxylation is 1. The lowest BCUT2D eigenvalue weighted by molar-refractivity contribution is 0.0955. The van der Waals surface area contributed by atoms with Crippen LogP contribution in [0.5, 0.6) is 0 Å². The van der Waals surface area contributed by atoms with Crippen LogP contribution in [0.25, 0.3) is 11.3 Å². The fraction of sp³-hybridized carbons (Fsp3) is 0.158. The third-order valence-electron chi connectivity index (χ3n) is 4.05. The normalized spacial score (nSPS) is 11.4. The van der Waals surface area contributed by atoms with Crippen LogP contribution < -0.4 is 5.32 Å². The first-order valence-electron chi connectivity index (χ1n) is 8.28. The number of carbonyl (C=O) groups excluding carboxylic acids is 1. The van der Waals surface area contributed by atoms with Crippen LogP contribution in [-0.4, -0.2) is 31.8 Å². The number of carbonyl (C=O) groups is 1. The van der Waals surface area contributed by atoms with Crippen molar-refractivity contribution in [1.29, 1.82) is 0 Å². The summed E-state index contributed by atoms with van der Waals surface area (Å²) < 4.78 is 29.8. The number of halogens is 2. The van der Waals surface area contributed by atoms with Gasteiger partial charge in [-0.05, 0) is 31.2 Å². The van der Waals surface area contributed by atoms with Gasteiger partial charge in [0.15, 0.2) is 9.84 Å². The van der Waals surface area contributed by atoms with Crippen molar-refractivity contribution in [3.05, 3.63) is 69.9 Å². The lowest BCUT2D eigenvalue weighted by atomic mass is 10.1. The molecular formula is C19H16Cl2N2O4S. The third kappa shape index (κ3) is 4.22. The van der Waals surface area contributed by atoms with Crippen LogP contribution in [0.15, 0.2) is 57.9 Å². The number of sulfone groups is 1. The largest absolute Gasteiger partial charge is 0.360 e. The van der Waals surface area contributed by atoms with Crippen molar-refractivity contribution in [2.24, 2.45) is 0 Å². The van der Waals surface area contributed by atoms with Crippen LogP contribution in [0.3, 0.4) is 0 Å². The van der Waals surface area contributed by atoms with Crippen LogP contribution in [0.1, 0.15) is 16.1 Å². The Balaban J connectivity index is 1.79. The minimum absolute atomic E-state index is 0.0730. The number of amides is 1. The van der Waals surface area contributed by atoms with Gasteiger partial charge in [0.1, 0.15) is 17.0 Å². The molecule has 28 heavy (non-hydrogen) atoms. The molecule has 0 spiro atoms. The van der Waals surface area contributed by atoms with Crippen molar-refractivity contribution in [2.75, 3.05) is 12.3 Å². The molecule has 0 aliphatic carbocycles. The van der Waals surface area contributed by atoms with Crippen molar-refractivity contribution >= 4 is 38.9 Å². The van der Waals surface area contributed by atoms with Crippen molar-refractivity contribution in [2.45, 2.75) is 11.8 Å². The molecule has 0 bridgehead atoms. The van der Waals surface area contributed by atoms with E-state index in [4.69, 9.17) is 27.7 Å². The number of benzene rings is 2. The molecule has 3 aromatic rings. The molecule has 0 aliphatic rings. The summed E-state index contributed by atoms with van der Waals surface area (Å²) in [7, 11) is -3.51. The van der Waals surface area contributed by atoms with E-state index in [0.717, 1.165) is 0 Å². The molecule has 1 N–H and O–H groups in total. The average Bonchev–Trinajstić information content (AvgIpc) is 3.03. The molecule has 0 aliphatic heterocycles. The predicted octanol–water partition coefficient (Wildman–Crippen LogP) is 4.16. The second kappa shape index (κ2) is 8.34. The minimum Gasteiger partial charge on any atom is -0.360 e. The zero-order chi connectivity index (χ0) is 20.3. The maximum Gasteiger partial charge on any atom is 0.257 e. The molecule has 1 amide bonds. The number of hydrogen-bond donors (Lipinski definition) is 1. The van der Waals surface area contributed by atoms with Gasteiger partial charge in [0.05, 0.1) is 20.7 Å². The minimum atomic E-state index is -3.51. The molecule has 9 heteroatoms. The zero-order valence-corrected chi connectivity index (χ0v) is 17.1. The molecular weight excluding hydrogens is 423 g/mol. The van der Waals surface area contributed by atoms with E-state index in [-0.39, 0.29) is 34.2 Å². The Morgan fingerprint density at radius 2 is 1.71 bits per heavy atom. The van der Waals surface area contributed by atoms with Gasteiger partial charge in [-0.15, -0.1) is 0 Å². The lowest BCUT2D eigenvalue weighted by Gasteiger charge is -2.08. The van der Waals surface area contributed by atoms with E-state index in [0.29, 0.717) is 15.6 Å². The quantitative estimate of drug-likeness (QED) is 0.623. The number of nitrogens with one attached hydrogen (secondary N) is 1. The topological polar surface area (TPSA) is 89.3 Å². The summed E-state index contributed by atoms with van der Waals surface area (Å²) in [4.78, 5) is 12.9. The van der Waals surface area contributed by atoms with Gasteiger partial charge in [0, 0.05) is 12.1 Å². The SMILES string of the molecule is Cc1onc(-c2c(Cl)cccc2Cl)c1C(=O)NCCS(=O)(=O)c1ccccc1. The summed E-state index contributed by atoms with van der Waals surface area (Å²) in [6.45, 7) is 1.51. The molecule has 0 saturated carbocycles. The van der Waals surface area contributed by atoms with Gasteiger partial charge in [0.25, 0.3) is 5.91 Å². The highest BCUT2D eigenvalue weighted by molar-refractivity contribution is 7.91. The summed E-state index contributed by atoms with van der Waals surface area (Å²) >= 11 is 12.4. The first-order chi connectivity index (χ1) is 13.3. The standard InChI is InChI=1S/C19H16Cl2N2O4S/c1-12-16(18(23-27-12)17-14(20)8-5-9-15(17)21)19(24)22-10-11-28(25,26)13-6-3-2-4-7-13/h2-9H,10-11H2,1H3,(H,22,24). The van der Waals surface area contributed by atoms with Crippen molar-refractivity contribution < 1.29 is 17.7 Å². The summed E-state index contributed by atoms with van der Waals surface area (Å²) in [6, 6.07) is 13.0. The maximum atomic E-state index is 12.7. The lowest BCUT2D eigenvalue weighted by Crippen LogP contribution is -2.29. The fourth-order valence-corrected chi connectivity index (χ4v) is 4.42. The molecule has 0 unspecified atom stereocenters. The molecule has 1 heterocycles. The van der Waals surface area contributed by atoms with Gasteiger partial charge in [-0.1, -0.05) is 52.6 Å². The summed E-state index contributed by atoms with van der Waals surface area (Å²) in [5.74, 6) is -0.489. The maximum absolute atomic E-state index is 12.7. The zero-order valence-electron chi connectivity index (χ0n) is 14.8. The van der Waals surface area contributed by atoms with E-state index in [9.17, 15) is 13.2 Å². The molecule has 1 aromatic heterocycles. The first kappa shape index (κ1) is 20.4. The van der Waals surface area contributed by atoms with Gasteiger partial charge in [-0.25, -0.2) is 8.42 Å². The number of nitrogens with zero attached hydrogens (tertiary/aromatic N) is 1. The van der Waals surface area contributed by atoms with E-state index in [1.807, 2.05) is 0 Å². The molecule has 3 rings (SSSR count). The molecule has 0 atom stereocenters. The number of rotatable bonds is 6. The van der Waals surface area contributed by atoms with Crippen LogP contribution in [-0.2, 0) is 9.84 Å². The van der Waals surface area contributed by atoms with Crippen LogP contribution >= 0.6 is 23.2 Å². The highest BCUT2D eigenvalue weighted by atomic mass is 35.5. The summed E-state index contributed by atoms with van der Waals surface area (Å²) in [5, 5.41) is 7.15. The summed E-state index contributed by atoms with van der Waals surface area (Å²) in [5.41, 5.74) is 0.744. The van der Waals surface area contributed by atoms with E-state index < -0.39 is 15.7 Å². The second-order valence-electron chi connectivity index (χ2n) is 5.95. The Morgan fingerprint density at radius 1 is 1.07 bits per heavy atom. The van der Waals surface area contributed by atoms with Gasteiger partial charge in [-0.3, -0.25) is 4.79 Å². The molecule has 0 radical (unpaired) electrons. The number of aromatic nitrogens is 1. The first-order valence-corrected chi connectivity index (χ1v) is 10.7. The Bertz CT molecular complexity index is 1090. The van der Waals surface area contributed by atoms with Crippen LogP contribution in [0.2, 0.25) is 10.0 Å².